The van der Waals surface area contributed by atoms with Gasteiger partial charge in [0.2, 0.25) is 0 Å². The van der Waals surface area contributed by atoms with Gasteiger partial charge in [0.25, 0.3) is 0 Å². The summed E-state index contributed by atoms with van der Waals surface area (Å²) >= 11 is 1.54. The predicted octanol–water partition coefficient (Wildman–Crippen LogP) is 1.08. The van der Waals surface area contributed by atoms with Gasteiger partial charge in [-0.25, -0.2) is 0 Å². The van der Waals surface area contributed by atoms with Crippen LogP contribution in [0.5, 0.6) is 0 Å². The van der Waals surface area contributed by atoms with Crippen molar-refractivity contribution in [2.45, 2.75) is 24.9 Å². The van der Waals surface area contributed by atoms with Crippen LogP contribution in [0.1, 0.15) is 18.7 Å². The Hall–Kier alpha value is -1.04. The van der Waals surface area contributed by atoms with Crippen molar-refractivity contribution in [3.05, 3.63) is 5.82 Å². The molecule has 0 fully saturated rings. The van der Waals surface area contributed by atoms with Crippen LogP contribution in [0.3, 0.4) is 0 Å². The monoisotopic (exact) mass is 215 g/mol. The van der Waals surface area contributed by atoms with Crippen molar-refractivity contribution >= 4 is 17.7 Å². The fourth-order valence-electron chi connectivity index (χ4n) is 0.900. The Labute approximate surface area is 86.5 Å². The van der Waals surface area contributed by atoms with E-state index >= 15 is 0 Å². The van der Waals surface area contributed by atoms with Gasteiger partial charge in [0.15, 0.2) is 5.16 Å². The Bertz CT molecular complexity index is 324. The summed E-state index contributed by atoms with van der Waals surface area (Å²) in [5.74, 6) is 0.878. The molecule has 1 rings (SSSR count). The van der Waals surface area contributed by atoms with Gasteiger partial charge in [-0.3, -0.25) is 4.79 Å². The first-order valence-electron chi connectivity index (χ1n) is 4.32. The number of hydrogen-bond acceptors (Lipinski definition) is 4. The van der Waals surface area contributed by atoms with E-state index in [1.807, 2.05) is 18.5 Å². The highest BCUT2D eigenvalue weighted by Crippen LogP contribution is 2.16. The number of thioether (sulfide) groups is 1. The first-order chi connectivity index (χ1) is 6.61. The van der Waals surface area contributed by atoms with Gasteiger partial charge in [-0.2, -0.15) is 0 Å². The van der Waals surface area contributed by atoms with Crippen molar-refractivity contribution in [1.82, 2.24) is 14.8 Å². The largest absolute Gasteiger partial charge is 0.481 e. The molecule has 1 aromatic heterocycles. The molecular weight excluding hydrogens is 202 g/mol. The Balaban J connectivity index is 2.31. The molecule has 0 saturated heterocycles. The lowest BCUT2D eigenvalue weighted by Gasteiger charge is -1.99. The number of rotatable bonds is 5. The van der Waals surface area contributed by atoms with Crippen LogP contribution in [0, 0.1) is 6.92 Å². The fourth-order valence-corrected chi connectivity index (χ4v) is 1.80. The molecule has 1 aromatic rings. The van der Waals surface area contributed by atoms with E-state index in [-0.39, 0.29) is 6.42 Å². The van der Waals surface area contributed by atoms with Crippen molar-refractivity contribution < 1.29 is 9.90 Å². The van der Waals surface area contributed by atoms with Crippen molar-refractivity contribution in [2.24, 2.45) is 7.05 Å². The minimum Gasteiger partial charge on any atom is -0.481 e. The molecule has 0 aliphatic heterocycles. The van der Waals surface area contributed by atoms with Crippen molar-refractivity contribution in [1.29, 1.82) is 0 Å². The molecule has 5 nitrogen and oxygen atoms in total. The van der Waals surface area contributed by atoms with E-state index in [4.69, 9.17) is 5.11 Å². The van der Waals surface area contributed by atoms with Gasteiger partial charge in [0.1, 0.15) is 5.82 Å². The maximum atomic E-state index is 10.2. The molecule has 0 atom stereocenters. The average molecular weight is 215 g/mol. The van der Waals surface area contributed by atoms with Crippen molar-refractivity contribution in [3.63, 3.8) is 0 Å². The number of aromatic nitrogens is 3. The summed E-state index contributed by atoms with van der Waals surface area (Å²) in [7, 11) is 1.90. The maximum absolute atomic E-state index is 10.2. The third-order valence-corrected chi connectivity index (χ3v) is 2.93. The molecule has 14 heavy (non-hydrogen) atoms. The van der Waals surface area contributed by atoms with Crippen LogP contribution < -0.4 is 0 Å². The minimum atomic E-state index is -0.750. The standard InChI is InChI=1S/C8H13N3O2S/c1-6-9-10-8(11(6)2)14-5-3-4-7(12)13/h3-5H2,1-2H3,(H,12,13). The molecule has 0 bridgehead atoms. The van der Waals surface area contributed by atoms with Crippen LogP contribution in [0.2, 0.25) is 0 Å². The molecule has 0 amide bonds. The number of carboxylic acids is 1. The smallest absolute Gasteiger partial charge is 0.303 e. The minimum absolute atomic E-state index is 0.212. The van der Waals surface area contributed by atoms with Crippen molar-refractivity contribution in [3.8, 4) is 0 Å². The summed E-state index contributed by atoms with van der Waals surface area (Å²) in [6.07, 6.45) is 0.871. The van der Waals surface area contributed by atoms with Gasteiger partial charge in [0, 0.05) is 19.2 Å². The molecule has 0 unspecified atom stereocenters. The van der Waals surface area contributed by atoms with Crippen molar-refractivity contribution in [2.75, 3.05) is 5.75 Å². The highest BCUT2D eigenvalue weighted by Gasteiger charge is 2.05. The first-order valence-corrected chi connectivity index (χ1v) is 5.30. The fraction of sp³-hybridized carbons (Fsp3) is 0.625. The summed E-state index contributed by atoms with van der Waals surface area (Å²) in [4.78, 5) is 10.2. The van der Waals surface area contributed by atoms with Crippen LogP contribution >= 0.6 is 11.8 Å². The van der Waals surface area contributed by atoms with Crippen LogP contribution in [0.15, 0.2) is 5.16 Å². The average Bonchev–Trinajstić information content (AvgIpc) is 2.43. The second-order valence-electron chi connectivity index (χ2n) is 2.93. The Kier molecular flexibility index (Phi) is 3.94. The lowest BCUT2D eigenvalue weighted by atomic mass is 10.3. The second-order valence-corrected chi connectivity index (χ2v) is 4.00. The SMILES string of the molecule is Cc1nnc(SCCCC(=O)O)n1C. The molecule has 0 spiro atoms. The summed E-state index contributed by atoms with van der Waals surface area (Å²) in [5.41, 5.74) is 0. The molecule has 0 aliphatic carbocycles. The highest BCUT2D eigenvalue weighted by molar-refractivity contribution is 7.99. The summed E-state index contributed by atoms with van der Waals surface area (Å²) in [6.45, 7) is 1.88. The zero-order valence-corrected chi connectivity index (χ0v) is 9.04. The third-order valence-electron chi connectivity index (χ3n) is 1.82. The number of carboxylic acid groups (broad SMARTS) is 1. The first kappa shape index (κ1) is 11.0. The molecule has 0 saturated carbocycles. The number of aryl methyl sites for hydroxylation is 1. The second kappa shape index (κ2) is 4.99. The summed E-state index contributed by atoms with van der Waals surface area (Å²) in [6, 6.07) is 0. The highest BCUT2D eigenvalue weighted by atomic mass is 32.2. The van der Waals surface area contributed by atoms with Crippen LogP contribution in [0.25, 0.3) is 0 Å². The molecule has 0 radical (unpaired) electrons. The Morgan fingerprint density at radius 2 is 2.29 bits per heavy atom. The van der Waals surface area contributed by atoms with Gasteiger partial charge in [-0.15, -0.1) is 10.2 Å². The van der Waals surface area contributed by atoms with E-state index in [1.54, 1.807) is 0 Å². The van der Waals surface area contributed by atoms with Crippen LogP contribution in [0.4, 0.5) is 0 Å². The molecule has 78 valence electrons. The third kappa shape index (κ3) is 3.02. The van der Waals surface area contributed by atoms with Gasteiger partial charge >= 0.3 is 5.97 Å². The Morgan fingerprint density at radius 3 is 2.79 bits per heavy atom. The molecule has 0 aliphatic rings. The Morgan fingerprint density at radius 1 is 1.57 bits per heavy atom. The zero-order chi connectivity index (χ0) is 10.6. The molecule has 1 heterocycles. The zero-order valence-electron chi connectivity index (χ0n) is 8.23. The maximum Gasteiger partial charge on any atom is 0.303 e. The van der Waals surface area contributed by atoms with Gasteiger partial charge < -0.3 is 9.67 Å². The number of nitrogens with zero attached hydrogens (tertiary/aromatic N) is 3. The van der Waals surface area contributed by atoms with E-state index in [0.717, 1.165) is 16.7 Å². The molecule has 0 aromatic carbocycles. The molecule has 1 N–H and O–H groups in total. The van der Waals surface area contributed by atoms with E-state index < -0.39 is 5.97 Å². The lowest BCUT2D eigenvalue weighted by Crippen LogP contribution is -1.97. The normalized spacial score (nSPS) is 10.4. The van der Waals surface area contributed by atoms with Gasteiger partial charge in [-0.05, 0) is 13.3 Å². The summed E-state index contributed by atoms with van der Waals surface area (Å²) in [5, 5.41) is 17.1. The van der Waals surface area contributed by atoms with Gasteiger partial charge in [0.05, 0.1) is 0 Å². The number of aliphatic carboxylic acids is 1. The van der Waals surface area contributed by atoms with Gasteiger partial charge in [-0.1, -0.05) is 11.8 Å². The molecule has 6 heteroatoms. The summed E-state index contributed by atoms with van der Waals surface area (Å²) < 4.78 is 1.89. The number of carbonyl (C=O) groups is 1. The lowest BCUT2D eigenvalue weighted by molar-refractivity contribution is -0.137. The quantitative estimate of drug-likeness (QED) is 0.588. The van der Waals surface area contributed by atoms with E-state index in [2.05, 4.69) is 10.2 Å². The topological polar surface area (TPSA) is 68.0 Å². The predicted molar refractivity (Wildman–Crippen MR) is 53.3 cm³/mol. The van der Waals surface area contributed by atoms with E-state index in [9.17, 15) is 4.79 Å². The molecular formula is C8H13N3O2S. The number of hydrogen-bond donors (Lipinski definition) is 1. The van der Waals surface area contributed by atoms with E-state index in [0.29, 0.717) is 6.42 Å². The van der Waals surface area contributed by atoms with Crippen LogP contribution in [-0.4, -0.2) is 31.6 Å². The van der Waals surface area contributed by atoms with Crippen LogP contribution in [-0.2, 0) is 11.8 Å². The van der Waals surface area contributed by atoms with E-state index in [1.165, 1.54) is 11.8 Å².